The van der Waals surface area contributed by atoms with E-state index in [1.807, 2.05) is 26.1 Å². The minimum absolute atomic E-state index is 0.276. The molecule has 5 rings (SSSR count). The minimum Gasteiger partial charge on any atom is -0.457 e. The Kier molecular flexibility index (Phi) is 7.12. The maximum absolute atomic E-state index is 11.8. The van der Waals surface area contributed by atoms with E-state index in [-0.39, 0.29) is 25.2 Å². The van der Waals surface area contributed by atoms with Gasteiger partial charge >= 0.3 is 11.9 Å². The van der Waals surface area contributed by atoms with Crippen LogP contribution in [0, 0.1) is 12.8 Å². The summed E-state index contributed by atoms with van der Waals surface area (Å²) in [6.45, 7) is 6.35. The van der Waals surface area contributed by atoms with Gasteiger partial charge in [-0.3, -0.25) is 0 Å². The lowest BCUT2D eigenvalue weighted by Crippen LogP contribution is -2.40. The van der Waals surface area contributed by atoms with Gasteiger partial charge in [0.15, 0.2) is 0 Å². The van der Waals surface area contributed by atoms with Gasteiger partial charge in [-0.2, -0.15) is 0 Å². The van der Waals surface area contributed by atoms with E-state index in [0.717, 1.165) is 60.3 Å². The van der Waals surface area contributed by atoms with Crippen molar-refractivity contribution in [2.45, 2.75) is 45.2 Å². The van der Waals surface area contributed by atoms with Crippen LogP contribution in [0.15, 0.2) is 30.3 Å². The maximum Gasteiger partial charge on any atom is 0.338 e. The first-order valence-corrected chi connectivity index (χ1v) is 12.7. The molecule has 2 aromatic rings. The second-order valence-corrected chi connectivity index (χ2v) is 10.4. The predicted octanol–water partition coefficient (Wildman–Crippen LogP) is 2.75. The fraction of sp³-hybridized carbons (Fsp3) is 0.500. The zero-order valence-electron chi connectivity index (χ0n) is 20.9. The fourth-order valence-electron chi connectivity index (χ4n) is 5.70. The Balaban J connectivity index is 1.09. The summed E-state index contributed by atoms with van der Waals surface area (Å²) in [6, 6.07) is 9.04. The number of ether oxygens (including phenoxy) is 2. The summed E-state index contributed by atoms with van der Waals surface area (Å²) in [5.74, 6) is -0.0471. The van der Waals surface area contributed by atoms with Crippen molar-refractivity contribution in [1.29, 1.82) is 0 Å². The standard InChI is InChI=1S/C28H34N2O6/c1-17-21(5-6-23-24(17)16-36-28(23)34)26(32)14-30-9-7-18(8-10-30)12-29(2)13-25(31)19-3-4-22-20(11-19)15-35-27(22)33/h3-6,11,18,25-26,31-32H,7-10,12-16H2,1-2H3/t25-,26-/m0/s1. The first kappa shape index (κ1) is 24.9. The molecular formula is C28H34N2O6. The summed E-state index contributed by atoms with van der Waals surface area (Å²) in [4.78, 5) is 27.9. The van der Waals surface area contributed by atoms with E-state index in [0.29, 0.717) is 30.1 Å². The van der Waals surface area contributed by atoms with Gasteiger partial charge in [0.05, 0.1) is 23.3 Å². The molecule has 1 saturated heterocycles. The van der Waals surface area contributed by atoms with Crippen LogP contribution >= 0.6 is 0 Å². The summed E-state index contributed by atoms with van der Waals surface area (Å²) < 4.78 is 10.2. The molecule has 0 aliphatic carbocycles. The van der Waals surface area contributed by atoms with Crippen LogP contribution in [0.2, 0.25) is 0 Å². The number of benzene rings is 2. The Bertz CT molecular complexity index is 1160. The van der Waals surface area contributed by atoms with Crippen LogP contribution in [-0.2, 0) is 22.7 Å². The van der Waals surface area contributed by atoms with Crippen molar-refractivity contribution in [2.24, 2.45) is 5.92 Å². The molecule has 3 heterocycles. The van der Waals surface area contributed by atoms with Crippen molar-refractivity contribution in [1.82, 2.24) is 9.80 Å². The molecule has 0 amide bonds. The number of hydrogen-bond acceptors (Lipinski definition) is 8. The fourth-order valence-corrected chi connectivity index (χ4v) is 5.70. The molecule has 192 valence electrons. The lowest BCUT2D eigenvalue weighted by molar-refractivity contribution is 0.0526. The Hall–Kier alpha value is -2.78. The van der Waals surface area contributed by atoms with E-state index in [9.17, 15) is 19.8 Å². The van der Waals surface area contributed by atoms with Gasteiger partial charge < -0.3 is 29.5 Å². The number of aliphatic hydroxyl groups excluding tert-OH is 2. The van der Waals surface area contributed by atoms with E-state index in [1.165, 1.54) is 0 Å². The number of carbonyl (C=O) groups is 2. The monoisotopic (exact) mass is 494 g/mol. The molecule has 0 bridgehead atoms. The summed E-state index contributed by atoms with van der Waals surface area (Å²) in [6.07, 6.45) is 0.851. The Morgan fingerprint density at radius 2 is 1.69 bits per heavy atom. The van der Waals surface area contributed by atoms with Gasteiger partial charge in [-0.1, -0.05) is 12.1 Å². The van der Waals surface area contributed by atoms with Crippen LogP contribution in [0.3, 0.4) is 0 Å². The maximum atomic E-state index is 11.8. The molecule has 0 saturated carbocycles. The summed E-state index contributed by atoms with van der Waals surface area (Å²) in [5, 5.41) is 21.6. The summed E-state index contributed by atoms with van der Waals surface area (Å²) in [7, 11) is 2.03. The highest BCUT2D eigenvalue weighted by molar-refractivity contribution is 5.94. The van der Waals surface area contributed by atoms with Crippen LogP contribution in [-0.4, -0.2) is 71.7 Å². The van der Waals surface area contributed by atoms with Crippen LogP contribution in [0.1, 0.15) is 73.6 Å². The lowest BCUT2D eigenvalue weighted by Gasteiger charge is -2.35. The molecule has 2 N–H and O–H groups in total. The third-order valence-electron chi connectivity index (χ3n) is 7.85. The number of cyclic esters (lactones) is 2. The molecule has 0 spiro atoms. The summed E-state index contributed by atoms with van der Waals surface area (Å²) >= 11 is 0. The first-order valence-electron chi connectivity index (χ1n) is 12.7. The van der Waals surface area contributed by atoms with E-state index >= 15 is 0 Å². The van der Waals surface area contributed by atoms with Gasteiger partial charge in [-0.05, 0) is 80.7 Å². The molecular weight excluding hydrogens is 460 g/mol. The van der Waals surface area contributed by atoms with Crippen LogP contribution in [0.5, 0.6) is 0 Å². The molecule has 3 aliphatic heterocycles. The number of carbonyl (C=O) groups excluding carboxylic acids is 2. The number of hydrogen-bond donors (Lipinski definition) is 2. The molecule has 1 fully saturated rings. The zero-order valence-corrected chi connectivity index (χ0v) is 20.9. The van der Waals surface area contributed by atoms with E-state index in [4.69, 9.17) is 9.47 Å². The summed E-state index contributed by atoms with van der Waals surface area (Å²) in [5.41, 5.74) is 5.55. The molecule has 3 aliphatic rings. The van der Waals surface area contributed by atoms with Crippen molar-refractivity contribution in [3.05, 3.63) is 69.3 Å². The average Bonchev–Trinajstić information content (AvgIpc) is 3.43. The highest BCUT2D eigenvalue weighted by Gasteiger charge is 2.28. The lowest BCUT2D eigenvalue weighted by atomic mass is 9.93. The number of likely N-dealkylation sites (N-methyl/N-ethyl adjacent to an activating group) is 1. The van der Waals surface area contributed by atoms with Gasteiger partial charge in [0.25, 0.3) is 0 Å². The topological polar surface area (TPSA) is 99.5 Å². The third-order valence-corrected chi connectivity index (χ3v) is 7.85. The van der Waals surface area contributed by atoms with Crippen LogP contribution in [0.25, 0.3) is 0 Å². The van der Waals surface area contributed by atoms with Gasteiger partial charge in [0, 0.05) is 30.8 Å². The number of fused-ring (bicyclic) bond motifs is 2. The Morgan fingerprint density at radius 1 is 1.00 bits per heavy atom. The second-order valence-electron chi connectivity index (χ2n) is 10.4. The average molecular weight is 495 g/mol. The number of likely N-dealkylation sites (tertiary alicyclic amines) is 1. The molecule has 8 heteroatoms. The predicted molar refractivity (Wildman–Crippen MR) is 132 cm³/mol. The Labute approximate surface area is 211 Å². The van der Waals surface area contributed by atoms with Crippen molar-refractivity contribution >= 4 is 11.9 Å². The van der Waals surface area contributed by atoms with Gasteiger partial charge in [0.2, 0.25) is 0 Å². The molecule has 36 heavy (non-hydrogen) atoms. The molecule has 0 radical (unpaired) electrons. The van der Waals surface area contributed by atoms with Crippen molar-refractivity contribution < 1.29 is 29.3 Å². The first-order chi connectivity index (χ1) is 17.3. The SMILES string of the molecule is Cc1c([C@@H](O)CN2CCC(CN(C)C[C@H](O)c3ccc4c(c3)COC4=O)CC2)ccc2c1COC2=O. The molecule has 2 atom stereocenters. The van der Waals surface area contributed by atoms with Crippen molar-refractivity contribution in [3.8, 4) is 0 Å². The minimum atomic E-state index is -0.623. The number of aliphatic hydroxyl groups is 2. The number of nitrogens with zero attached hydrogens (tertiary/aromatic N) is 2. The third kappa shape index (κ3) is 5.04. The van der Waals surface area contributed by atoms with Crippen molar-refractivity contribution in [2.75, 3.05) is 39.8 Å². The highest BCUT2D eigenvalue weighted by atomic mass is 16.5. The van der Waals surface area contributed by atoms with E-state index in [1.54, 1.807) is 18.2 Å². The number of piperidine rings is 1. The second kappa shape index (κ2) is 10.3. The quantitative estimate of drug-likeness (QED) is 0.541. The smallest absolute Gasteiger partial charge is 0.338 e. The number of β-amino-alcohol motifs (C(OH)–C–C–N with tert-alkyl or cyclic N) is 1. The molecule has 2 aromatic carbocycles. The molecule has 8 nitrogen and oxygen atoms in total. The molecule has 0 aromatic heterocycles. The number of rotatable bonds is 8. The van der Waals surface area contributed by atoms with Crippen molar-refractivity contribution in [3.63, 3.8) is 0 Å². The molecule has 0 unspecified atom stereocenters. The van der Waals surface area contributed by atoms with E-state index in [2.05, 4.69) is 9.80 Å². The van der Waals surface area contributed by atoms with Gasteiger partial charge in [0.1, 0.15) is 13.2 Å². The van der Waals surface area contributed by atoms with Crippen LogP contribution in [0.4, 0.5) is 0 Å². The van der Waals surface area contributed by atoms with E-state index < -0.39 is 12.2 Å². The highest BCUT2D eigenvalue weighted by Crippen LogP contribution is 2.30. The van der Waals surface area contributed by atoms with Gasteiger partial charge in [-0.15, -0.1) is 0 Å². The largest absolute Gasteiger partial charge is 0.457 e. The Morgan fingerprint density at radius 3 is 2.47 bits per heavy atom. The number of esters is 2. The van der Waals surface area contributed by atoms with Gasteiger partial charge in [-0.25, -0.2) is 9.59 Å². The normalized spacial score (nSPS) is 19.7. The zero-order chi connectivity index (χ0) is 25.4. The van der Waals surface area contributed by atoms with Crippen LogP contribution < -0.4 is 0 Å².